The second-order valence-corrected chi connectivity index (χ2v) is 7.71. The number of carboxylic acids is 2. The summed E-state index contributed by atoms with van der Waals surface area (Å²) in [7, 11) is 0. The molecule has 0 fully saturated rings. The first-order valence-electron chi connectivity index (χ1n) is 4.94. The summed E-state index contributed by atoms with van der Waals surface area (Å²) in [5, 5.41) is 17.7. The van der Waals surface area contributed by atoms with Crippen LogP contribution in [0.15, 0.2) is 0 Å². The van der Waals surface area contributed by atoms with Gasteiger partial charge in [0.25, 0.3) is 0 Å². The second kappa shape index (κ2) is 6.00. The molecule has 2 unspecified atom stereocenters. The van der Waals surface area contributed by atoms with E-state index in [2.05, 4.69) is 31.9 Å². The van der Waals surface area contributed by atoms with Crippen LogP contribution in [0.4, 0.5) is 0 Å². The van der Waals surface area contributed by atoms with E-state index in [0.29, 0.717) is 25.7 Å². The summed E-state index contributed by atoms with van der Waals surface area (Å²) < 4.78 is -1.84. The van der Waals surface area contributed by atoms with Crippen molar-refractivity contribution in [2.24, 2.45) is 0 Å². The summed E-state index contributed by atoms with van der Waals surface area (Å²) >= 11 is 6.26. The molecule has 0 bridgehead atoms. The molecule has 0 amide bonds. The van der Waals surface area contributed by atoms with E-state index in [4.69, 9.17) is 10.2 Å². The van der Waals surface area contributed by atoms with Crippen molar-refractivity contribution in [3.8, 4) is 0 Å². The van der Waals surface area contributed by atoms with Crippen LogP contribution in [0.3, 0.4) is 0 Å². The number of rotatable bonds is 7. The minimum Gasteiger partial charge on any atom is -0.480 e. The third-order valence-corrected chi connectivity index (χ3v) is 3.91. The van der Waals surface area contributed by atoms with Crippen molar-refractivity contribution in [2.45, 2.75) is 48.2 Å². The lowest BCUT2D eigenvalue weighted by molar-refractivity contribution is -0.140. The summed E-state index contributed by atoms with van der Waals surface area (Å²) in [6.45, 7) is 3.19. The molecule has 0 saturated heterocycles. The minimum absolute atomic E-state index is 0.477. The van der Waals surface area contributed by atoms with Gasteiger partial charge in [0.2, 0.25) is 0 Å². The Kier molecular flexibility index (Phi) is 5.96. The second-order valence-electron chi connectivity index (χ2n) is 4.21. The Morgan fingerprint density at radius 3 is 1.38 bits per heavy atom. The fourth-order valence-corrected chi connectivity index (χ4v) is 1.69. The van der Waals surface area contributed by atoms with Crippen molar-refractivity contribution in [3.63, 3.8) is 0 Å². The molecule has 0 aliphatic carbocycles. The molecule has 94 valence electrons. The summed E-state index contributed by atoms with van der Waals surface area (Å²) in [5.74, 6) is -1.79. The van der Waals surface area contributed by atoms with Crippen molar-refractivity contribution >= 4 is 43.8 Å². The van der Waals surface area contributed by atoms with Gasteiger partial charge in [0.15, 0.2) is 0 Å². The smallest absolute Gasteiger partial charge is 0.320 e. The number of halogens is 2. The fraction of sp³-hybridized carbons (Fsp3) is 0.800. The molecule has 0 heterocycles. The van der Waals surface area contributed by atoms with Crippen molar-refractivity contribution < 1.29 is 19.8 Å². The first-order chi connectivity index (χ1) is 7.09. The standard InChI is InChI=1S/C10H16Br2O4/c1-9(11,7(13)14)5-3-4-6-10(2,12)8(15)16/h3-6H2,1-2H3,(H,13,14)(H,15,16). The van der Waals surface area contributed by atoms with Crippen LogP contribution in [0.5, 0.6) is 0 Å². The summed E-state index contributed by atoms with van der Waals surface area (Å²) in [6, 6.07) is 0. The highest BCUT2D eigenvalue weighted by Gasteiger charge is 2.31. The van der Waals surface area contributed by atoms with Crippen molar-refractivity contribution in [3.05, 3.63) is 0 Å². The normalized spacial score (nSPS) is 18.5. The molecule has 0 spiro atoms. The molecule has 2 atom stereocenters. The average molecular weight is 360 g/mol. The van der Waals surface area contributed by atoms with Gasteiger partial charge in [0.1, 0.15) is 8.65 Å². The zero-order valence-electron chi connectivity index (χ0n) is 9.30. The van der Waals surface area contributed by atoms with Crippen LogP contribution in [0.1, 0.15) is 39.5 Å². The molecule has 0 saturated carbocycles. The van der Waals surface area contributed by atoms with E-state index in [-0.39, 0.29) is 0 Å². The van der Waals surface area contributed by atoms with E-state index < -0.39 is 20.6 Å². The van der Waals surface area contributed by atoms with Crippen molar-refractivity contribution in [2.75, 3.05) is 0 Å². The minimum atomic E-state index is -0.918. The van der Waals surface area contributed by atoms with Crippen LogP contribution in [-0.2, 0) is 9.59 Å². The van der Waals surface area contributed by atoms with Crippen LogP contribution < -0.4 is 0 Å². The molecule has 4 nitrogen and oxygen atoms in total. The van der Waals surface area contributed by atoms with E-state index in [0.717, 1.165) is 0 Å². The van der Waals surface area contributed by atoms with E-state index >= 15 is 0 Å². The molecule has 0 radical (unpaired) electrons. The highest BCUT2D eigenvalue weighted by molar-refractivity contribution is 9.10. The van der Waals surface area contributed by atoms with Gasteiger partial charge in [-0.25, -0.2) is 0 Å². The van der Waals surface area contributed by atoms with Crippen LogP contribution in [0.25, 0.3) is 0 Å². The lowest BCUT2D eigenvalue weighted by atomic mass is 9.99. The highest BCUT2D eigenvalue weighted by Crippen LogP contribution is 2.29. The molecular formula is C10H16Br2O4. The molecule has 0 aromatic heterocycles. The van der Waals surface area contributed by atoms with Gasteiger partial charge in [-0.05, 0) is 26.7 Å². The predicted octanol–water partition coefficient (Wildman–Crippen LogP) is 3.02. The number of hydrogen-bond donors (Lipinski definition) is 2. The molecule has 2 N–H and O–H groups in total. The quantitative estimate of drug-likeness (QED) is 0.541. The SMILES string of the molecule is CC(Br)(CCCCC(C)(Br)C(=O)O)C(=O)O. The number of unbranched alkanes of at least 4 members (excludes halogenated alkanes) is 1. The number of hydrogen-bond acceptors (Lipinski definition) is 2. The number of carboxylic acid groups (broad SMARTS) is 2. The summed E-state index contributed by atoms with van der Waals surface area (Å²) in [5.41, 5.74) is 0. The van der Waals surface area contributed by atoms with Crippen LogP contribution in [-0.4, -0.2) is 30.8 Å². The first-order valence-corrected chi connectivity index (χ1v) is 6.53. The van der Waals surface area contributed by atoms with E-state index in [1.54, 1.807) is 13.8 Å². The molecule has 0 aromatic rings. The third kappa shape index (κ3) is 5.30. The monoisotopic (exact) mass is 358 g/mol. The first kappa shape index (κ1) is 15.9. The molecule has 6 heteroatoms. The molecule has 0 aliphatic rings. The molecule has 0 rings (SSSR count). The van der Waals surface area contributed by atoms with Gasteiger partial charge >= 0.3 is 11.9 Å². The van der Waals surface area contributed by atoms with Crippen molar-refractivity contribution in [1.29, 1.82) is 0 Å². The highest BCUT2D eigenvalue weighted by atomic mass is 79.9. The third-order valence-electron chi connectivity index (χ3n) is 2.43. The summed E-state index contributed by atoms with van der Waals surface area (Å²) in [4.78, 5) is 21.5. The average Bonchev–Trinajstić information content (AvgIpc) is 2.12. The Bertz CT molecular complexity index is 246. The Hall–Kier alpha value is -0.100. The Morgan fingerprint density at radius 2 is 1.19 bits per heavy atom. The summed E-state index contributed by atoms with van der Waals surface area (Å²) in [6.07, 6.45) is 2.29. The molecule has 16 heavy (non-hydrogen) atoms. The van der Waals surface area contributed by atoms with Crippen LogP contribution in [0, 0.1) is 0 Å². The Morgan fingerprint density at radius 1 is 0.938 bits per heavy atom. The van der Waals surface area contributed by atoms with Crippen molar-refractivity contribution in [1.82, 2.24) is 0 Å². The molecule has 0 aromatic carbocycles. The number of carbonyl (C=O) groups is 2. The largest absolute Gasteiger partial charge is 0.480 e. The lowest BCUT2D eigenvalue weighted by Crippen LogP contribution is -2.29. The fourth-order valence-electron chi connectivity index (χ4n) is 1.13. The Balaban J connectivity index is 3.94. The molecular weight excluding hydrogens is 344 g/mol. The maximum atomic E-state index is 10.8. The lowest BCUT2D eigenvalue weighted by Gasteiger charge is -2.19. The molecule has 0 aliphatic heterocycles. The maximum absolute atomic E-state index is 10.8. The van der Waals surface area contributed by atoms with Gasteiger partial charge in [0.05, 0.1) is 0 Å². The van der Waals surface area contributed by atoms with Gasteiger partial charge in [-0.2, -0.15) is 0 Å². The van der Waals surface area contributed by atoms with Gasteiger partial charge in [0, 0.05) is 0 Å². The number of aliphatic carboxylic acids is 2. The van der Waals surface area contributed by atoms with E-state index in [1.165, 1.54) is 0 Å². The maximum Gasteiger partial charge on any atom is 0.320 e. The van der Waals surface area contributed by atoms with Gasteiger partial charge in [-0.3, -0.25) is 9.59 Å². The number of alkyl halides is 2. The van der Waals surface area contributed by atoms with Gasteiger partial charge in [-0.15, -0.1) is 0 Å². The van der Waals surface area contributed by atoms with Crippen LogP contribution >= 0.6 is 31.9 Å². The predicted molar refractivity (Wildman–Crippen MR) is 68.4 cm³/mol. The van der Waals surface area contributed by atoms with Gasteiger partial charge < -0.3 is 10.2 Å². The zero-order valence-corrected chi connectivity index (χ0v) is 12.5. The zero-order chi connectivity index (χ0) is 13.0. The van der Waals surface area contributed by atoms with Crippen LogP contribution in [0.2, 0.25) is 0 Å². The Labute approximate surface area is 112 Å². The van der Waals surface area contributed by atoms with E-state index in [1.807, 2.05) is 0 Å². The van der Waals surface area contributed by atoms with Gasteiger partial charge in [-0.1, -0.05) is 44.7 Å². The topological polar surface area (TPSA) is 74.6 Å². The van der Waals surface area contributed by atoms with E-state index in [9.17, 15) is 9.59 Å².